The second-order valence-corrected chi connectivity index (χ2v) is 8.01. The molecule has 1 aliphatic rings. The van der Waals surface area contributed by atoms with Gasteiger partial charge in [-0.15, -0.1) is 0 Å². The standard InChI is InChI=1S/C25H36N4O3/c1-26-25(27-14-13-20-9-12-22(32-3)17-24(20)30)28-18-23(29-15-5-4-6-16-29)19-7-10-21(31-2)11-8-19/h7-12,17,23,30H,4-6,13-16,18H2,1-3H3,(H2,26,27,28). The minimum Gasteiger partial charge on any atom is -0.508 e. The first kappa shape index (κ1) is 23.7. The lowest BCUT2D eigenvalue weighted by Gasteiger charge is -2.35. The van der Waals surface area contributed by atoms with Crippen LogP contribution < -0.4 is 20.1 Å². The van der Waals surface area contributed by atoms with E-state index in [-0.39, 0.29) is 11.8 Å². The predicted molar refractivity (Wildman–Crippen MR) is 129 cm³/mol. The van der Waals surface area contributed by atoms with Crippen LogP contribution >= 0.6 is 0 Å². The summed E-state index contributed by atoms with van der Waals surface area (Å²) in [6.45, 7) is 3.65. The Hall–Kier alpha value is -2.93. The second kappa shape index (κ2) is 12.2. The number of likely N-dealkylation sites (tertiary alicyclic amines) is 1. The predicted octanol–water partition coefficient (Wildman–Crippen LogP) is 3.34. The fourth-order valence-corrected chi connectivity index (χ4v) is 4.13. The van der Waals surface area contributed by atoms with Crippen molar-refractivity contribution in [1.29, 1.82) is 0 Å². The molecule has 1 aliphatic heterocycles. The number of rotatable bonds is 9. The molecular formula is C25H36N4O3. The first-order valence-corrected chi connectivity index (χ1v) is 11.3. The van der Waals surface area contributed by atoms with Crippen molar-refractivity contribution in [3.63, 3.8) is 0 Å². The Morgan fingerprint density at radius 2 is 1.69 bits per heavy atom. The number of guanidine groups is 1. The van der Waals surface area contributed by atoms with E-state index in [0.29, 0.717) is 18.7 Å². The van der Waals surface area contributed by atoms with Crippen LogP contribution in [0.3, 0.4) is 0 Å². The van der Waals surface area contributed by atoms with E-state index < -0.39 is 0 Å². The molecule has 32 heavy (non-hydrogen) atoms. The summed E-state index contributed by atoms with van der Waals surface area (Å²) in [5.74, 6) is 2.53. The summed E-state index contributed by atoms with van der Waals surface area (Å²) >= 11 is 0. The van der Waals surface area contributed by atoms with Gasteiger partial charge in [0.1, 0.15) is 17.2 Å². The van der Waals surface area contributed by atoms with Gasteiger partial charge in [0.15, 0.2) is 5.96 Å². The van der Waals surface area contributed by atoms with Gasteiger partial charge in [-0.05, 0) is 61.7 Å². The van der Waals surface area contributed by atoms with E-state index in [1.54, 1.807) is 27.3 Å². The number of phenols is 1. The molecule has 0 saturated carbocycles. The zero-order valence-electron chi connectivity index (χ0n) is 19.4. The third-order valence-corrected chi connectivity index (χ3v) is 6.00. The third-order valence-electron chi connectivity index (χ3n) is 6.00. The highest BCUT2D eigenvalue weighted by molar-refractivity contribution is 5.79. The average molecular weight is 441 g/mol. The number of benzene rings is 2. The number of piperidine rings is 1. The minimum absolute atomic E-state index is 0.249. The Kier molecular flexibility index (Phi) is 9.04. The van der Waals surface area contributed by atoms with E-state index >= 15 is 0 Å². The molecule has 0 radical (unpaired) electrons. The van der Waals surface area contributed by atoms with Crippen LogP contribution in [0.5, 0.6) is 17.2 Å². The molecule has 2 aromatic carbocycles. The quantitative estimate of drug-likeness (QED) is 0.410. The molecule has 3 rings (SSSR count). The SMILES string of the molecule is CN=C(NCCc1ccc(OC)cc1O)NCC(c1ccc(OC)cc1)N1CCCCC1. The molecule has 0 spiro atoms. The van der Waals surface area contributed by atoms with Gasteiger partial charge in [0.2, 0.25) is 0 Å². The number of nitrogens with one attached hydrogen (secondary N) is 2. The minimum atomic E-state index is 0.249. The molecule has 3 N–H and O–H groups in total. The van der Waals surface area contributed by atoms with Gasteiger partial charge >= 0.3 is 0 Å². The molecule has 2 aromatic rings. The molecule has 0 aliphatic carbocycles. The van der Waals surface area contributed by atoms with Gasteiger partial charge < -0.3 is 25.2 Å². The summed E-state index contributed by atoms with van der Waals surface area (Å²) < 4.78 is 10.5. The molecule has 1 saturated heterocycles. The lowest BCUT2D eigenvalue weighted by molar-refractivity contribution is 0.164. The number of nitrogens with zero attached hydrogens (tertiary/aromatic N) is 2. The number of aromatic hydroxyl groups is 1. The Morgan fingerprint density at radius 1 is 1.00 bits per heavy atom. The van der Waals surface area contributed by atoms with E-state index in [4.69, 9.17) is 9.47 Å². The van der Waals surface area contributed by atoms with Gasteiger partial charge in [-0.1, -0.05) is 24.6 Å². The van der Waals surface area contributed by atoms with E-state index in [9.17, 15) is 5.11 Å². The van der Waals surface area contributed by atoms with Crippen molar-refractivity contribution in [2.75, 3.05) is 47.4 Å². The van der Waals surface area contributed by atoms with Crippen molar-refractivity contribution in [2.45, 2.75) is 31.7 Å². The largest absolute Gasteiger partial charge is 0.508 e. The van der Waals surface area contributed by atoms with Crippen molar-refractivity contribution in [3.8, 4) is 17.2 Å². The summed E-state index contributed by atoms with van der Waals surface area (Å²) in [4.78, 5) is 6.94. The van der Waals surface area contributed by atoms with Crippen LogP contribution in [-0.4, -0.2) is 63.4 Å². The molecule has 1 unspecified atom stereocenters. The zero-order chi connectivity index (χ0) is 22.8. The summed E-state index contributed by atoms with van der Waals surface area (Å²) in [5, 5.41) is 17.0. The number of hydrogen-bond acceptors (Lipinski definition) is 5. The molecule has 1 heterocycles. The summed E-state index contributed by atoms with van der Waals surface area (Å²) in [6.07, 6.45) is 4.47. The van der Waals surface area contributed by atoms with Gasteiger partial charge in [-0.2, -0.15) is 0 Å². The van der Waals surface area contributed by atoms with Gasteiger partial charge in [0.25, 0.3) is 0 Å². The molecule has 0 amide bonds. The van der Waals surface area contributed by atoms with Crippen LogP contribution in [-0.2, 0) is 6.42 Å². The van der Waals surface area contributed by atoms with Gasteiger partial charge in [-0.3, -0.25) is 9.89 Å². The Balaban J connectivity index is 1.58. The van der Waals surface area contributed by atoms with Crippen molar-refractivity contribution in [3.05, 3.63) is 53.6 Å². The summed E-state index contributed by atoms with van der Waals surface area (Å²) in [7, 11) is 5.07. The summed E-state index contributed by atoms with van der Waals surface area (Å²) in [6, 6.07) is 14.0. The Bertz CT molecular complexity index is 864. The smallest absolute Gasteiger partial charge is 0.191 e. The van der Waals surface area contributed by atoms with Gasteiger partial charge in [0, 0.05) is 26.2 Å². The molecule has 7 nitrogen and oxygen atoms in total. The number of ether oxygens (including phenoxy) is 2. The number of methoxy groups -OCH3 is 2. The summed E-state index contributed by atoms with van der Waals surface area (Å²) in [5.41, 5.74) is 2.15. The molecule has 0 aromatic heterocycles. The van der Waals surface area contributed by atoms with E-state index in [0.717, 1.165) is 36.9 Å². The van der Waals surface area contributed by atoms with Crippen LogP contribution in [0.4, 0.5) is 0 Å². The molecule has 1 fully saturated rings. The number of phenolic OH excluding ortho intramolecular Hbond substituents is 1. The Labute approximate surface area is 191 Å². The lowest BCUT2D eigenvalue weighted by atomic mass is 10.0. The maximum absolute atomic E-state index is 10.2. The van der Waals surface area contributed by atoms with Crippen molar-refractivity contribution in [2.24, 2.45) is 4.99 Å². The highest BCUT2D eigenvalue weighted by atomic mass is 16.5. The van der Waals surface area contributed by atoms with Crippen molar-refractivity contribution in [1.82, 2.24) is 15.5 Å². The monoisotopic (exact) mass is 440 g/mol. The topological polar surface area (TPSA) is 78.4 Å². The zero-order valence-corrected chi connectivity index (χ0v) is 19.4. The fraction of sp³-hybridized carbons (Fsp3) is 0.480. The van der Waals surface area contributed by atoms with Gasteiger partial charge in [0.05, 0.1) is 20.3 Å². The van der Waals surface area contributed by atoms with Crippen LogP contribution in [0.15, 0.2) is 47.5 Å². The molecule has 7 heteroatoms. The van der Waals surface area contributed by atoms with Crippen LogP contribution in [0, 0.1) is 0 Å². The van der Waals surface area contributed by atoms with Crippen LogP contribution in [0.1, 0.15) is 36.4 Å². The van der Waals surface area contributed by atoms with E-state index in [1.165, 1.54) is 24.8 Å². The third kappa shape index (κ3) is 6.53. The van der Waals surface area contributed by atoms with Crippen LogP contribution in [0.25, 0.3) is 0 Å². The maximum atomic E-state index is 10.2. The Morgan fingerprint density at radius 3 is 2.31 bits per heavy atom. The molecule has 0 bridgehead atoms. The van der Waals surface area contributed by atoms with E-state index in [1.807, 2.05) is 24.3 Å². The maximum Gasteiger partial charge on any atom is 0.191 e. The highest BCUT2D eigenvalue weighted by Crippen LogP contribution is 2.26. The number of aliphatic imine (C=N–C) groups is 1. The number of hydrogen-bond donors (Lipinski definition) is 3. The fourth-order valence-electron chi connectivity index (χ4n) is 4.13. The normalized spacial score (nSPS) is 15.8. The van der Waals surface area contributed by atoms with Crippen molar-refractivity contribution >= 4 is 5.96 Å². The van der Waals surface area contributed by atoms with Gasteiger partial charge in [-0.25, -0.2) is 0 Å². The lowest BCUT2D eigenvalue weighted by Crippen LogP contribution is -2.44. The molecule has 174 valence electrons. The molecule has 1 atom stereocenters. The van der Waals surface area contributed by atoms with E-state index in [2.05, 4.69) is 32.7 Å². The molecular weight excluding hydrogens is 404 g/mol. The van der Waals surface area contributed by atoms with Crippen molar-refractivity contribution < 1.29 is 14.6 Å². The highest BCUT2D eigenvalue weighted by Gasteiger charge is 2.22. The second-order valence-electron chi connectivity index (χ2n) is 8.01. The first-order valence-electron chi connectivity index (χ1n) is 11.3. The van der Waals surface area contributed by atoms with Crippen LogP contribution in [0.2, 0.25) is 0 Å². The average Bonchev–Trinajstić information content (AvgIpc) is 2.84. The first-order chi connectivity index (χ1) is 15.6.